The zero-order valence-corrected chi connectivity index (χ0v) is 11.7. The van der Waals surface area contributed by atoms with Crippen LogP contribution in [-0.4, -0.2) is 23.0 Å². The minimum absolute atomic E-state index is 0.0197. The van der Waals surface area contributed by atoms with Gasteiger partial charge in [-0.1, -0.05) is 11.6 Å². The molecule has 0 fully saturated rings. The molecular formula is C13H13ClN4O2. The highest BCUT2D eigenvalue weighted by molar-refractivity contribution is 6.32. The van der Waals surface area contributed by atoms with E-state index >= 15 is 0 Å². The summed E-state index contributed by atoms with van der Waals surface area (Å²) < 4.78 is 5.09. The van der Waals surface area contributed by atoms with Crippen molar-refractivity contribution in [1.29, 1.82) is 0 Å². The van der Waals surface area contributed by atoms with Crippen LogP contribution in [0.5, 0.6) is 5.75 Å². The van der Waals surface area contributed by atoms with Gasteiger partial charge in [0.25, 0.3) is 5.56 Å². The average Bonchev–Trinajstić information content (AvgIpc) is 2.48. The molecule has 0 atom stereocenters. The Morgan fingerprint density at radius 3 is 2.75 bits per heavy atom. The van der Waals surface area contributed by atoms with Crippen LogP contribution < -0.4 is 15.7 Å². The van der Waals surface area contributed by atoms with Crippen molar-refractivity contribution in [2.75, 3.05) is 12.5 Å². The second-order valence-corrected chi connectivity index (χ2v) is 4.34. The van der Waals surface area contributed by atoms with Crippen molar-refractivity contribution in [2.24, 2.45) is 5.10 Å². The molecule has 2 rings (SSSR count). The quantitative estimate of drug-likeness (QED) is 0.669. The van der Waals surface area contributed by atoms with Gasteiger partial charge >= 0.3 is 0 Å². The molecule has 0 aliphatic carbocycles. The fraction of sp³-hybridized carbons (Fsp3) is 0.154. The maximum Gasteiger partial charge on any atom is 0.285 e. The fourth-order valence-electron chi connectivity index (χ4n) is 1.50. The molecular weight excluding hydrogens is 280 g/mol. The molecule has 2 aromatic rings. The minimum atomic E-state index is -0.464. The Bertz CT molecular complexity index is 680. The summed E-state index contributed by atoms with van der Waals surface area (Å²) in [6.07, 6.45) is 1.40. The first kappa shape index (κ1) is 14.1. The zero-order chi connectivity index (χ0) is 14.5. The molecule has 0 radical (unpaired) electrons. The standard InChI is InChI=1S/C13H13ClN4O2/c1-8(9-3-5-10(20-2)6-4-9)16-17-11-7-15-18-13(19)12(11)14/h3-7H,1-2H3,(H2,17,18,19)/b16-8-. The average molecular weight is 293 g/mol. The molecule has 0 aliphatic heterocycles. The van der Waals surface area contributed by atoms with Crippen molar-refractivity contribution in [2.45, 2.75) is 6.92 Å². The van der Waals surface area contributed by atoms with E-state index in [1.54, 1.807) is 7.11 Å². The van der Waals surface area contributed by atoms with Crippen LogP contribution in [0.15, 0.2) is 40.4 Å². The monoisotopic (exact) mass is 292 g/mol. The third kappa shape index (κ3) is 3.16. The summed E-state index contributed by atoms with van der Waals surface area (Å²) in [5.74, 6) is 0.774. The predicted octanol–water partition coefficient (Wildman–Crippen LogP) is 2.27. The van der Waals surface area contributed by atoms with Gasteiger partial charge in [-0.25, -0.2) is 5.10 Å². The van der Waals surface area contributed by atoms with Crippen molar-refractivity contribution in [1.82, 2.24) is 10.2 Å². The van der Waals surface area contributed by atoms with Crippen molar-refractivity contribution < 1.29 is 4.74 Å². The number of benzene rings is 1. The van der Waals surface area contributed by atoms with E-state index in [0.29, 0.717) is 5.69 Å². The smallest absolute Gasteiger partial charge is 0.285 e. The highest BCUT2D eigenvalue weighted by Gasteiger charge is 2.04. The van der Waals surface area contributed by atoms with Crippen LogP contribution in [0.2, 0.25) is 5.02 Å². The largest absolute Gasteiger partial charge is 0.497 e. The van der Waals surface area contributed by atoms with Gasteiger partial charge in [0.2, 0.25) is 0 Å². The van der Waals surface area contributed by atoms with Crippen molar-refractivity contribution in [3.05, 3.63) is 51.4 Å². The van der Waals surface area contributed by atoms with Gasteiger partial charge in [0.15, 0.2) is 0 Å². The third-order valence-electron chi connectivity index (χ3n) is 2.65. The number of ether oxygens (including phenoxy) is 1. The van der Waals surface area contributed by atoms with Gasteiger partial charge in [0, 0.05) is 0 Å². The zero-order valence-electron chi connectivity index (χ0n) is 11.0. The van der Waals surface area contributed by atoms with E-state index in [1.165, 1.54) is 6.20 Å². The second kappa shape index (κ2) is 6.21. The van der Waals surface area contributed by atoms with Crippen LogP contribution in [0.3, 0.4) is 0 Å². The minimum Gasteiger partial charge on any atom is -0.497 e. The highest BCUT2D eigenvalue weighted by atomic mass is 35.5. The molecule has 1 heterocycles. The van der Waals surface area contributed by atoms with E-state index in [4.69, 9.17) is 16.3 Å². The van der Waals surface area contributed by atoms with E-state index in [2.05, 4.69) is 20.7 Å². The number of rotatable bonds is 4. The number of methoxy groups -OCH3 is 1. The van der Waals surface area contributed by atoms with Crippen LogP contribution in [0.4, 0.5) is 5.69 Å². The van der Waals surface area contributed by atoms with E-state index in [1.807, 2.05) is 31.2 Å². The molecule has 7 heteroatoms. The summed E-state index contributed by atoms with van der Waals surface area (Å²) >= 11 is 5.83. The lowest BCUT2D eigenvalue weighted by Gasteiger charge is -2.05. The summed E-state index contributed by atoms with van der Waals surface area (Å²) in [6.45, 7) is 1.84. The first-order valence-electron chi connectivity index (χ1n) is 5.79. The Balaban J connectivity index is 2.17. The number of anilines is 1. The van der Waals surface area contributed by atoms with Crippen LogP contribution in [0.25, 0.3) is 0 Å². The summed E-state index contributed by atoms with van der Waals surface area (Å²) in [5.41, 5.74) is 4.27. The molecule has 0 aliphatic rings. The summed E-state index contributed by atoms with van der Waals surface area (Å²) in [6, 6.07) is 7.46. The lowest BCUT2D eigenvalue weighted by Crippen LogP contribution is -2.10. The molecule has 6 nitrogen and oxygen atoms in total. The Hall–Kier alpha value is -2.34. The van der Waals surface area contributed by atoms with Crippen molar-refractivity contribution in [3.8, 4) is 5.75 Å². The molecule has 0 saturated carbocycles. The van der Waals surface area contributed by atoms with Crippen molar-refractivity contribution >= 4 is 23.0 Å². The van der Waals surface area contributed by atoms with Gasteiger partial charge < -0.3 is 4.74 Å². The Kier molecular flexibility index (Phi) is 4.37. The van der Waals surface area contributed by atoms with Gasteiger partial charge in [-0.05, 0) is 36.8 Å². The van der Waals surface area contributed by atoms with Crippen LogP contribution in [0, 0.1) is 0 Å². The van der Waals surface area contributed by atoms with Crippen LogP contribution in [0.1, 0.15) is 12.5 Å². The number of aromatic amines is 1. The number of aromatic nitrogens is 2. The molecule has 20 heavy (non-hydrogen) atoms. The SMILES string of the molecule is COc1ccc(/C(C)=N\Nc2cn[nH]c(=O)c2Cl)cc1. The molecule has 0 unspecified atom stereocenters. The van der Waals surface area contributed by atoms with E-state index in [-0.39, 0.29) is 5.02 Å². The maximum absolute atomic E-state index is 11.3. The number of hydrogen-bond acceptors (Lipinski definition) is 5. The number of halogens is 1. The lowest BCUT2D eigenvalue weighted by atomic mass is 10.1. The molecule has 1 aromatic carbocycles. The molecule has 0 bridgehead atoms. The number of hydrazone groups is 1. The van der Waals surface area contributed by atoms with E-state index in [9.17, 15) is 4.79 Å². The molecule has 0 amide bonds. The molecule has 2 N–H and O–H groups in total. The third-order valence-corrected chi connectivity index (χ3v) is 3.02. The first-order valence-corrected chi connectivity index (χ1v) is 6.17. The van der Waals surface area contributed by atoms with Gasteiger partial charge in [-0.2, -0.15) is 10.2 Å². The number of H-pyrrole nitrogens is 1. The van der Waals surface area contributed by atoms with Gasteiger partial charge in [-0.3, -0.25) is 10.2 Å². The van der Waals surface area contributed by atoms with Crippen LogP contribution >= 0.6 is 11.6 Å². The summed E-state index contributed by atoms with van der Waals surface area (Å²) in [4.78, 5) is 11.3. The topological polar surface area (TPSA) is 79.4 Å². The van der Waals surface area contributed by atoms with E-state index in [0.717, 1.165) is 17.0 Å². The summed E-state index contributed by atoms with van der Waals surface area (Å²) in [7, 11) is 1.61. The fourth-order valence-corrected chi connectivity index (χ4v) is 1.64. The van der Waals surface area contributed by atoms with Gasteiger partial charge in [-0.15, -0.1) is 0 Å². The maximum atomic E-state index is 11.3. The van der Waals surface area contributed by atoms with Gasteiger partial charge in [0.1, 0.15) is 16.5 Å². The Labute approximate surface area is 120 Å². The number of hydrogen-bond donors (Lipinski definition) is 2. The Morgan fingerprint density at radius 2 is 2.10 bits per heavy atom. The van der Waals surface area contributed by atoms with Gasteiger partial charge in [0.05, 0.1) is 19.0 Å². The normalized spacial score (nSPS) is 11.2. The Morgan fingerprint density at radius 1 is 1.40 bits per heavy atom. The molecule has 0 spiro atoms. The van der Waals surface area contributed by atoms with Crippen molar-refractivity contribution in [3.63, 3.8) is 0 Å². The predicted molar refractivity (Wildman–Crippen MR) is 78.7 cm³/mol. The molecule has 1 aromatic heterocycles. The molecule has 104 valence electrons. The second-order valence-electron chi connectivity index (χ2n) is 3.96. The number of nitrogens with one attached hydrogen (secondary N) is 2. The van der Waals surface area contributed by atoms with Crippen LogP contribution in [-0.2, 0) is 0 Å². The lowest BCUT2D eigenvalue weighted by molar-refractivity contribution is 0.415. The number of nitrogens with zero attached hydrogens (tertiary/aromatic N) is 2. The van der Waals surface area contributed by atoms with E-state index < -0.39 is 5.56 Å². The summed E-state index contributed by atoms with van der Waals surface area (Å²) in [5, 5.41) is 10.1. The highest BCUT2D eigenvalue weighted by Crippen LogP contribution is 2.15. The molecule has 0 saturated heterocycles. The first-order chi connectivity index (χ1) is 9.61.